The van der Waals surface area contributed by atoms with E-state index in [-0.39, 0.29) is 11.8 Å². The molecule has 1 heterocycles. The van der Waals surface area contributed by atoms with Crippen molar-refractivity contribution in [2.24, 2.45) is 0 Å². The predicted octanol–water partition coefficient (Wildman–Crippen LogP) is -1.04. The highest BCUT2D eigenvalue weighted by Gasteiger charge is 2.11. The maximum absolute atomic E-state index is 11.4. The van der Waals surface area contributed by atoms with Crippen LogP contribution in [-0.4, -0.2) is 62.7 Å². The Kier molecular flexibility index (Phi) is 6.57. The molecule has 0 saturated carbocycles. The van der Waals surface area contributed by atoms with E-state index in [0.29, 0.717) is 19.5 Å². The highest BCUT2D eigenvalue weighted by Crippen LogP contribution is 1.97. The summed E-state index contributed by atoms with van der Waals surface area (Å²) < 4.78 is 5.23. The van der Waals surface area contributed by atoms with Crippen molar-refractivity contribution >= 4 is 11.8 Å². The molecule has 0 atom stereocenters. The summed E-state index contributed by atoms with van der Waals surface area (Å²) in [6.45, 7) is 6.52. The lowest BCUT2D eigenvalue weighted by atomic mass is 10.3. The summed E-state index contributed by atoms with van der Waals surface area (Å²) in [5, 5.41) is 5.39. The second-order valence-corrected chi connectivity index (χ2v) is 4.04. The fraction of sp³-hybridized carbons (Fsp3) is 0.818. The topological polar surface area (TPSA) is 70.7 Å². The number of nitrogens with one attached hydrogen (secondary N) is 2. The van der Waals surface area contributed by atoms with Crippen molar-refractivity contribution in [2.75, 3.05) is 45.9 Å². The van der Waals surface area contributed by atoms with Crippen molar-refractivity contribution in [3.8, 4) is 0 Å². The summed E-state index contributed by atoms with van der Waals surface area (Å²) in [6.07, 6.45) is 0.500. The summed E-state index contributed by atoms with van der Waals surface area (Å²) in [6, 6.07) is 0. The third kappa shape index (κ3) is 6.91. The number of carbonyl (C=O) groups is 2. The lowest BCUT2D eigenvalue weighted by Crippen LogP contribution is -2.39. The van der Waals surface area contributed by atoms with Gasteiger partial charge in [-0.1, -0.05) is 0 Å². The minimum atomic E-state index is -0.0763. The van der Waals surface area contributed by atoms with E-state index in [4.69, 9.17) is 4.74 Å². The standard InChI is InChI=1S/C11H21N3O3/c1-10(15)12-3-4-13-11(16)2-5-14-6-8-17-9-7-14/h2-9H2,1H3,(H,12,15)(H,13,16). The van der Waals surface area contributed by atoms with Crippen LogP contribution in [0.3, 0.4) is 0 Å². The minimum absolute atomic E-state index is 0.0295. The Morgan fingerprint density at radius 2 is 1.82 bits per heavy atom. The van der Waals surface area contributed by atoms with Crippen molar-refractivity contribution in [3.05, 3.63) is 0 Å². The van der Waals surface area contributed by atoms with Gasteiger partial charge in [-0.25, -0.2) is 0 Å². The van der Waals surface area contributed by atoms with Crippen molar-refractivity contribution in [3.63, 3.8) is 0 Å². The maximum Gasteiger partial charge on any atom is 0.221 e. The second-order valence-electron chi connectivity index (χ2n) is 4.04. The van der Waals surface area contributed by atoms with Crippen LogP contribution in [0.4, 0.5) is 0 Å². The van der Waals surface area contributed by atoms with E-state index < -0.39 is 0 Å². The zero-order valence-corrected chi connectivity index (χ0v) is 10.3. The van der Waals surface area contributed by atoms with E-state index in [1.807, 2.05) is 0 Å². The van der Waals surface area contributed by atoms with E-state index in [2.05, 4.69) is 15.5 Å². The normalized spacial score (nSPS) is 16.5. The summed E-state index contributed by atoms with van der Waals surface area (Å²) >= 11 is 0. The first-order valence-electron chi connectivity index (χ1n) is 5.99. The largest absolute Gasteiger partial charge is 0.379 e. The molecule has 1 saturated heterocycles. The van der Waals surface area contributed by atoms with Crippen LogP contribution in [0.1, 0.15) is 13.3 Å². The lowest BCUT2D eigenvalue weighted by molar-refractivity contribution is -0.122. The van der Waals surface area contributed by atoms with Gasteiger partial charge in [0.25, 0.3) is 0 Å². The molecule has 17 heavy (non-hydrogen) atoms. The molecule has 0 bridgehead atoms. The summed E-state index contributed by atoms with van der Waals surface area (Å²) in [5.41, 5.74) is 0. The third-order valence-electron chi connectivity index (χ3n) is 2.58. The fourth-order valence-electron chi connectivity index (χ4n) is 1.61. The average molecular weight is 243 g/mol. The van der Waals surface area contributed by atoms with Gasteiger partial charge in [0.2, 0.25) is 11.8 Å². The Morgan fingerprint density at radius 1 is 1.18 bits per heavy atom. The van der Waals surface area contributed by atoms with Crippen molar-refractivity contribution in [1.29, 1.82) is 0 Å². The monoisotopic (exact) mass is 243 g/mol. The minimum Gasteiger partial charge on any atom is -0.379 e. The first kappa shape index (κ1) is 13.9. The number of hydrogen-bond donors (Lipinski definition) is 2. The molecule has 0 spiro atoms. The molecule has 0 aromatic heterocycles. The molecule has 0 radical (unpaired) electrons. The predicted molar refractivity (Wildman–Crippen MR) is 63.6 cm³/mol. The van der Waals surface area contributed by atoms with Gasteiger partial charge in [0.15, 0.2) is 0 Å². The highest BCUT2D eigenvalue weighted by atomic mass is 16.5. The van der Waals surface area contributed by atoms with E-state index in [9.17, 15) is 9.59 Å². The fourth-order valence-corrected chi connectivity index (χ4v) is 1.61. The molecular weight excluding hydrogens is 222 g/mol. The molecule has 1 fully saturated rings. The van der Waals surface area contributed by atoms with Crippen LogP contribution in [0.15, 0.2) is 0 Å². The van der Waals surface area contributed by atoms with Crippen molar-refractivity contribution in [1.82, 2.24) is 15.5 Å². The SMILES string of the molecule is CC(=O)NCCNC(=O)CCN1CCOCC1. The number of morpholine rings is 1. The van der Waals surface area contributed by atoms with Crippen LogP contribution >= 0.6 is 0 Å². The van der Waals surface area contributed by atoms with Crippen LogP contribution in [0, 0.1) is 0 Å². The van der Waals surface area contributed by atoms with Gasteiger partial charge in [-0.3, -0.25) is 14.5 Å². The first-order valence-corrected chi connectivity index (χ1v) is 5.99. The van der Waals surface area contributed by atoms with Gasteiger partial charge >= 0.3 is 0 Å². The van der Waals surface area contributed by atoms with Crippen LogP contribution in [-0.2, 0) is 14.3 Å². The Hall–Kier alpha value is -1.14. The van der Waals surface area contributed by atoms with Crippen molar-refractivity contribution < 1.29 is 14.3 Å². The van der Waals surface area contributed by atoms with Crippen LogP contribution in [0.25, 0.3) is 0 Å². The number of amides is 2. The van der Waals surface area contributed by atoms with Gasteiger partial charge in [0, 0.05) is 46.1 Å². The van der Waals surface area contributed by atoms with E-state index in [0.717, 1.165) is 32.8 Å². The van der Waals surface area contributed by atoms with Crippen LogP contribution in [0.5, 0.6) is 0 Å². The summed E-state index contributed by atoms with van der Waals surface area (Å²) in [5.74, 6) is -0.0468. The Balaban J connectivity index is 1.98. The van der Waals surface area contributed by atoms with Gasteiger partial charge in [-0.15, -0.1) is 0 Å². The van der Waals surface area contributed by atoms with Gasteiger partial charge < -0.3 is 15.4 Å². The molecule has 0 aromatic carbocycles. The molecule has 0 aliphatic carbocycles. The smallest absolute Gasteiger partial charge is 0.221 e. The molecule has 1 aliphatic heterocycles. The van der Waals surface area contributed by atoms with Gasteiger partial charge in [0.05, 0.1) is 13.2 Å². The molecule has 1 rings (SSSR count). The Bertz CT molecular complexity index is 252. The zero-order valence-electron chi connectivity index (χ0n) is 10.3. The van der Waals surface area contributed by atoms with Crippen LogP contribution < -0.4 is 10.6 Å². The first-order chi connectivity index (χ1) is 8.18. The third-order valence-corrected chi connectivity index (χ3v) is 2.58. The lowest BCUT2D eigenvalue weighted by Gasteiger charge is -2.26. The Morgan fingerprint density at radius 3 is 2.47 bits per heavy atom. The molecular formula is C11H21N3O3. The molecule has 0 unspecified atom stereocenters. The quantitative estimate of drug-likeness (QED) is 0.585. The molecule has 1 aliphatic rings. The number of ether oxygens (including phenoxy) is 1. The van der Waals surface area contributed by atoms with Gasteiger partial charge in [-0.2, -0.15) is 0 Å². The van der Waals surface area contributed by atoms with E-state index in [1.165, 1.54) is 6.92 Å². The summed E-state index contributed by atoms with van der Waals surface area (Å²) in [4.78, 5) is 24.2. The van der Waals surface area contributed by atoms with Crippen LogP contribution in [0.2, 0.25) is 0 Å². The number of rotatable bonds is 6. The number of hydrogen-bond acceptors (Lipinski definition) is 4. The van der Waals surface area contributed by atoms with Gasteiger partial charge in [0.1, 0.15) is 0 Å². The average Bonchev–Trinajstić information content (AvgIpc) is 2.33. The van der Waals surface area contributed by atoms with E-state index in [1.54, 1.807) is 0 Å². The zero-order chi connectivity index (χ0) is 12.5. The molecule has 2 amide bonds. The highest BCUT2D eigenvalue weighted by molar-refractivity contribution is 5.76. The van der Waals surface area contributed by atoms with Gasteiger partial charge in [-0.05, 0) is 0 Å². The molecule has 98 valence electrons. The van der Waals surface area contributed by atoms with Crippen molar-refractivity contribution in [2.45, 2.75) is 13.3 Å². The maximum atomic E-state index is 11.4. The summed E-state index contributed by atoms with van der Waals surface area (Å²) in [7, 11) is 0. The molecule has 2 N–H and O–H groups in total. The van der Waals surface area contributed by atoms with E-state index >= 15 is 0 Å². The number of nitrogens with zero attached hydrogens (tertiary/aromatic N) is 1. The molecule has 6 heteroatoms. The molecule has 0 aromatic rings. The Labute approximate surface area is 102 Å². The molecule has 6 nitrogen and oxygen atoms in total. The number of carbonyl (C=O) groups excluding carboxylic acids is 2. The second kappa shape index (κ2) is 8.03.